The maximum atomic E-state index is 12.2. The molecular formula is C12H15ClN2O3. The molecule has 98 valence electrons. The molecule has 1 aromatic carbocycles. The first-order chi connectivity index (χ1) is 8.51. The lowest BCUT2D eigenvalue weighted by atomic mass is 10.1. The molecule has 0 unspecified atom stereocenters. The smallest absolute Gasteiger partial charge is 0.282 e. The van der Waals surface area contributed by atoms with Crippen LogP contribution in [0.1, 0.15) is 22.8 Å². The number of benzene rings is 1. The highest BCUT2D eigenvalue weighted by molar-refractivity contribution is 6.18. The Bertz CT molecular complexity index is 463. The van der Waals surface area contributed by atoms with Crippen LogP contribution in [0.2, 0.25) is 0 Å². The van der Waals surface area contributed by atoms with Gasteiger partial charge >= 0.3 is 0 Å². The molecule has 0 aliphatic rings. The second-order valence-corrected chi connectivity index (χ2v) is 4.23. The van der Waals surface area contributed by atoms with Crippen molar-refractivity contribution < 1.29 is 9.72 Å². The topological polar surface area (TPSA) is 63.5 Å². The maximum Gasteiger partial charge on any atom is 0.282 e. The van der Waals surface area contributed by atoms with Gasteiger partial charge in [0.2, 0.25) is 0 Å². The Kier molecular flexibility index (Phi) is 5.09. The van der Waals surface area contributed by atoms with Gasteiger partial charge in [0.25, 0.3) is 11.6 Å². The number of nitrogens with zero attached hydrogens (tertiary/aromatic N) is 2. The Labute approximate surface area is 110 Å². The van der Waals surface area contributed by atoms with E-state index in [1.165, 1.54) is 17.0 Å². The van der Waals surface area contributed by atoms with E-state index < -0.39 is 4.92 Å². The van der Waals surface area contributed by atoms with Gasteiger partial charge in [-0.3, -0.25) is 14.9 Å². The Morgan fingerprint density at radius 1 is 1.50 bits per heavy atom. The number of hydrogen-bond donors (Lipinski definition) is 0. The van der Waals surface area contributed by atoms with Gasteiger partial charge in [0.15, 0.2) is 0 Å². The Balaban J connectivity index is 3.17. The summed E-state index contributed by atoms with van der Waals surface area (Å²) in [6.45, 7) is 4.45. The molecular weight excluding hydrogens is 256 g/mol. The minimum absolute atomic E-state index is 0.118. The van der Waals surface area contributed by atoms with Crippen LogP contribution in [0.5, 0.6) is 0 Å². The molecule has 0 atom stereocenters. The van der Waals surface area contributed by atoms with Crippen LogP contribution in [0.3, 0.4) is 0 Å². The average Bonchev–Trinajstić information content (AvgIpc) is 2.34. The molecule has 0 saturated heterocycles. The summed E-state index contributed by atoms with van der Waals surface area (Å²) in [7, 11) is 0. The summed E-state index contributed by atoms with van der Waals surface area (Å²) in [6, 6.07) is 4.52. The summed E-state index contributed by atoms with van der Waals surface area (Å²) in [4.78, 5) is 24.1. The average molecular weight is 271 g/mol. The fourth-order valence-corrected chi connectivity index (χ4v) is 1.86. The summed E-state index contributed by atoms with van der Waals surface area (Å²) in [5, 5.41) is 10.9. The van der Waals surface area contributed by atoms with E-state index in [4.69, 9.17) is 11.6 Å². The number of nitro benzene ring substituents is 1. The number of halogens is 1. The third kappa shape index (κ3) is 3.20. The van der Waals surface area contributed by atoms with Crippen LogP contribution >= 0.6 is 11.6 Å². The van der Waals surface area contributed by atoms with Crippen molar-refractivity contribution in [3.05, 3.63) is 39.4 Å². The first kappa shape index (κ1) is 14.4. The van der Waals surface area contributed by atoms with E-state index in [1.54, 1.807) is 13.0 Å². The molecule has 5 nitrogen and oxygen atoms in total. The predicted molar refractivity (Wildman–Crippen MR) is 70.1 cm³/mol. The van der Waals surface area contributed by atoms with Crippen LogP contribution in [-0.4, -0.2) is 34.7 Å². The standard InChI is InChI=1S/C12H15ClN2O3/c1-3-14(7-6-13)12(16)10-8-9(2)4-5-11(10)15(17)18/h4-5,8H,3,6-7H2,1-2H3. The van der Waals surface area contributed by atoms with Crippen molar-refractivity contribution in [3.63, 3.8) is 0 Å². The van der Waals surface area contributed by atoms with E-state index in [9.17, 15) is 14.9 Å². The second-order valence-electron chi connectivity index (χ2n) is 3.85. The van der Waals surface area contributed by atoms with E-state index in [1.807, 2.05) is 6.92 Å². The van der Waals surface area contributed by atoms with Gasteiger partial charge < -0.3 is 4.90 Å². The zero-order valence-electron chi connectivity index (χ0n) is 10.4. The molecule has 0 heterocycles. The molecule has 1 amide bonds. The molecule has 0 saturated carbocycles. The van der Waals surface area contributed by atoms with Crippen LogP contribution in [0, 0.1) is 17.0 Å². The number of alkyl halides is 1. The molecule has 0 spiro atoms. The lowest BCUT2D eigenvalue weighted by Gasteiger charge is -2.19. The fourth-order valence-electron chi connectivity index (χ4n) is 1.66. The van der Waals surface area contributed by atoms with Crippen molar-refractivity contribution in [1.29, 1.82) is 0 Å². The van der Waals surface area contributed by atoms with Gasteiger partial charge in [0.1, 0.15) is 5.56 Å². The quantitative estimate of drug-likeness (QED) is 0.469. The second kappa shape index (κ2) is 6.35. The molecule has 0 aromatic heterocycles. The molecule has 0 fully saturated rings. The van der Waals surface area contributed by atoms with Gasteiger partial charge in [0.05, 0.1) is 4.92 Å². The number of carbonyl (C=O) groups is 1. The van der Waals surface area contributed by atoms with Crippen LogP contribution in [0.15, 0.2) is 18.2 Å². The van der Waals surface area contributed by atoms with Crippen molar-refractivity contribution in [2.24, 2.45) is 0 Å². The Morgan fingerprint density at radius 2 is 2.17 bits per heavy atom. The molecule has 1 aromatic rings. The maximum absolute atomic E-state index is 12.2. The number of nitro groups is 1. The highest BCUT2D eigenvalue weighted by Gasteiger charge is 2.23. The zero-order chi connectivity index (χ0) is 13.7. The zero-order valence-corrected chi connectivity index (χ0v) is 11.1. The normalized spacial score (nSPS) is 10.2. The van der Waals surface area contributed by atoms with Crippen LogP contribution < -0.4 is 0 Å². The third-order valence-corrected chi connectivity index (χ3v) is 2.77. The van der Waals surface area contributed by atoms with Crippen molar-refractivity contribution in [3.8, 4) is 0 Å². The predicted octanol–water partition coefficient (Wildman–Crippen LogP) is 2.60. The number of hydrogen-bond acceptors (Lipinski definition) is 3. The molecule has 0 aliphatic carbocycles. The SMILES string of the molecule is CCN(CCCl)C(=O)c1cc(C)ccc1[N+](=O)[O-]. The first-order valence-corrected chi connectivity index (χ1v) is 6.15. The molecule has 0 N–H and O–H groups in total. The van der Waals surface area contributed by atoms with Crippen molar-refractivity contribution >= 4 is 23.2 Å². The monoisotopic (exact) mass is 270 g/mol. The van der Waals surface area contributed by atoms with E-state index in [-0.39, 0.29) is 17.2 Å². The first-order valence-electron chi connectivity index (χ1n) is 5.61. The lowest BCUT2D eigenvalue weighted by Crippen LogP contribution is -2.33. The summed E-state index contributed by atoms with van der Waals surface area (Å²) in [5.74, 6) is -0.0484. The molecule has 18 heavy (non-hydrogen) atoms. The summed E-state index contributed by atoms with van der Waals surface area (Å²) in [5.41, 5.74) is 0.761. The number of amides is 1. The Morgan fingerprint density at radius 3 is 2.67 bits per heavy atom. The number of rotatable bonds is 5. The molecule has 6 heteroatoms. The summed E-state index contributed by atoms with van der Waals surface area (Å²) >= 11 is 5.61. The van der Waals surface area contributed by atoms with Gasteiger partial charge in [-0.1, -0.05) is 6.07 Å². The van der Waals surface area contributed by atoms with Gasteiger partial charge in [-0.05, 0) is 25.5 Å². The molecule has 0 aliphatic heterocycles. The third-order valence-electron chi connectivity index (χ3n) is 2.60. The Hall–Kier alpha value is -1.62. The lowest BCUT2D eigenvalue weighted by molar-refractivity contribution is -0.385. The largest absolute Gasteiger partial charge is 0.338 e. The van der Waals surface area contributed by atoms with Crippen molar-refractivity contribution in [2.45, 2.75) is 13.8 Å². The van der Waals surface area contributed by atoms with E-state index in [0.29, 0.717) is 19.0 Å². The van der Waals surface area contributed by atoms with Crippen LogP contribution in [0.25, 0.3) is 0 Å². The highest BCUT2D eigenvalue weighted by atomic mass is 35.5. The van der Waals surface area contributed by atoms with Gasteiger partial charge in [-0.25, -0.2) is 0 Å². The summed E-state index contributed by atoms with van der Waals surface area (Å²) in [6.07, 6.45) is 0. The van der Waals surface area contributed by atoms with Gasteiger partial charge in [-0.2, -0.15) is 0 Å². The van der Waals surface area contributed by atoms with Crippen molar-refractivity contribution in [2.75, 3.05) is 19.0 Å². The summed E-state index contributed by atoms with van der Waals surface area (Å²) < 4.78 is 0. The van der Waals surface area contributed by atoms with E-state index >= 15 is 0 Å². The van der Waals surface area contributed by atoms with Crippen molar-refractivity contribution in [1.82, 2.24) is 4.90 Å². The number of carbonyl (C=O) groups excluding carboxylic acids is 1. The molecule has 0 bridgehead atoms. The van der Waals surface area contributed by atoms with E-state index in [0.717, 1.165) is 5.56 Å². The van der Waals surface area contributed by atoms with E-state index in [2.05, 4.69) is 0 Å². The number of aryl methyl sites for hydroxylation is 1. The van der Waals surface area contributed by atoms with Gasteiger partial charge in [0, 0.05) is 25.0 Å². The minimum atomic E-state index is -0.540. The van der Waals surface area contributed by atoms with Crippen LogP contribution in [-0.2, 0) is 0 Å². The molecule has 0 radical (unpaired) electrons. The fraction of sp³-hybridized carbons (Fsp3) is 0.417. The minimum Gasteiger partial charge on any atom is -0.338 e. The molecule has 1 rings (SSSR count). The van der Waals surface area contributed by atoms with Gasteiger partial charge in [-0.15, -0.1) is 11.6 Å². The van der Waals surface area contributed by atoms with Crippen LogP contribution in [0.4, 0.5) is 5.69 Å². The highest BCUT2D eigenvalue weighted by Crippen LogP contribution is 2.21.